The fraction of sp³-hybridized carbons (Fsp3) is 0. The van der Waals surface area contributed by atoms with E-state index in [0.29, 0.717) is 5.75 Å². The van der Waals surface area contributed by atoms with Crippen LogP contribution >= 0.6 is 0 Å². The summed E-state index contributed by atoms with van der Waals surface area (Å²) >= 11 is 0. The summed E-state index contributed by atoms with van der Waals surface area (Å²) < 4.78 is 19.0. The monoisotopic (exact) mass is 438 g/mol. The van der Waals surface area contributed by atoms with Gasteiger partial charge in [0.15, 0.2) is 0 Å². The molecule has 0 bridgehead atoms. The Balaban J connectivity index is 1.32. The van der Waals surface area contributed by atoms with Crippen LogP contribution in [0.3, 0.4) is 0 Å². The Bertz CT molecular complexity index is 1470. The van der Waals surface area contributed by atoms with Crippen LogP contribution in [-0.2, 0) is 0 Å². The van der Waals surface area contributed by atoms with E-state index in [1.807, 2.05) is 66.7 Å². The standard InChI is InChI=1S/C30H19BO3/c1-2-9-20(10-3-1)21-11-8-12-22(17-21)32-23-18-28-30-29(19-23)34-27-16-7-5-14-25(27)31(30)24-13-4-6-15-26(24)33-28/h1-19H. The maximum Gasteiger partial charge on any atom is 0.260 e. The van der Waals surface area contributed by atoms with Crippen LogP contribution in [-0.4, -0.2) is 6.71 Å². The van der Waals surface area contributed by atoms with Gasteiger partial charge in [-0.1, -0.05) is 78.9 Å². The molecule has 2 aliphatic rings. The first kappa shape index (κ1) is 19.1. The normalized spacial score (nSPS) is 12.5. The molecule has 4 heteroatoms. The van der Waals surface area contributed by atoms with Crippen molar-refractivity contribution in [3.8, 4) is 45.6 Å². The maximum atomic E-state index is 6.35. The number of para-hydroxylation sites is 2. The number of hydrogen-bond donors (Lipinski definition) is 0. The number of hydrogen-bond acceptors (Lipinski definition) is 3. The molecule has 7 rings (SSSR count). The Labute approximate surface area is 198 Å². The van der Waals surface area contributed by atoms with E-state index in [1.165, 1.54) is 0 Å². The molecule has 0 radical (unpaired) electrons. The van der Waals surface area contributed by atoms with Crippen molar-refractivity contribution in [1.82, 2.24) is 0 Å². The molecule has 0 spiro atoms. The van der Waals surface area contributed by atoms with Gasteiger partial charge in [0.05, 0.1) is 0 Å². The van der Waals surface area contributed by atoms with E-state index in [-0.39, 0.29) is 6.71 Å². The van der Waals surface area contributed by atoms with Gasteiger partial charge in [-0.25, -0.2) is 0 Å². The minimum Gasteiger partial charge on any atom is -0.458 e. The second-order valence-corrected chi connectivity index (χ2v) is 8.54. The van der Waals surface area contributed by atoms with E-state index in [2.05, 4.69) is 48.5 Å². The topological polar surface area (TPSA) is 27.7 Å². The van der Waals surface area contributed by atoms with Crippen molar-refractivity contribution in [3.63, 3.8) is 0 Å². The maximum absolute atomic E-state index is 6.35. The average molecular weight is 438 g/mol. The smallest absolute Gasteiger partial charge is 0.260 e. The highest BCUT2D eigenvalue weighted by molar-refractivity contribution is 6.98. The molecule has 0 atom stereocenters. The zero-order valence-electron chi connectivity index (χ0n) is 18.3. The highest BCUT2D eigenvalue weighted by atomic mass is 16.5. The van der Waals surface area contributed by atoms with Crippen molar-refractivity contribution in [3.05, 3.63) is 115 Å². The van der Waals surface area contributed by atoms with Crippen LogP contribution in [0.15, 0.2) is 115 Å². The molecule has 3 nitrogen and oxygen atoms in total. The summed E-state index contributed by atoms with van der Waals surface area (Å²) in [4.78, 5) is 0. The molecule has 0 saturated carbocycles. The summed E-state index contributed by atoms with van der Waals surface area (Å²) in [6, 6.07) is 38.8. The van der Waals surface area contributed by atoms with Crippen LogP contribution in [0.5, 0.6) is 34.5 Å². The quantitative estimate of drug-likeness (QED) is 0.323. The number of rotatable bonds is 3. The lowest BCUT2D eigenvalue weighted by atomic mass is 9.35. The van der Waals surface area contributed by atoms with Crippen LogP contribution in [0.4, 0.5) is 0 Å². The van der Waals surface area contributed by atoms with Crippen LogP contribution < -0.4 is 30.6 Å². The molecule has 2 heterocycles. The lowest BCUT2D eigenvalue weighted by Crippen LogP contribution is -2.57. The summed E-state index contributed by atoms with van der Waals surface area (Å²) in [5.41, 5.74) is 5.60. The van der Waals surface area contributed by atoms with E-state index < -0.39 is 0 Å². The fourth-order valence-corrected chi connectivity index (χ4v) is 4.93. The molecule has 34 heavy (non-hydrogen) atoms. The highest BCUT2D eigenvalue weighted by Crippen LogP contribution is 2.39. The van der Waals surface area contributed by atoms with Crippen LogP contribution in [0, 0.1) is 0 Å². The minimum atomic E-state index is 0.0651. The molecular formula is C30H19BO3. The van der Waals surface area contributed by atoms with Gasteiger partial charge in [-0.05, 0) is 46.3 Å². The van der Waals surface area contributed by atoms with Crippen molar-refractivity contribution in [2.45, 2.75) is 0 Å². The van der Waals surface area contributed by atoms with Crippen LogP contribution in [0.2, 0.25) is 0 Å². The average Bonchev–Trinajstić information content (AvgIpc) is 2.89. The minimum absolute atomic E-state index is 0.0651. The van der Waals surface area contributed by atoms with Crippen molar-refractivity contribution in [2.75, 3.05) is 0 Å². The first-order valence-electron chi connectivity index (χ1n) is 11.4. The first-order chi connectivity index (χ1) is 16.8. The Morgan fingerprint density at radius 1 is 0.471 bits per heavy atom. The largest absolute Gasteiger partial charge is 0.458 e. The number of ether oxygens (including phenoxy) is 3. The van der Waals surface area contributed by atoms with Crippen molar-refractivity contribution < 1.29 is 14.2 Å². The molecule has 0 N–H and O–H groups in total. The Morgan fingerprint density at radius 2 is 1.06 bits per heavy atom. The third-order valence-corrected chi connectivity index (χ3v) is 6.44. The van der Waals surface area contributed by atoms with Gasteiger partial charge in [-0.15, -0.1) is 0 Å². The van der Waals surface area contributed by atoms with E-state index in [0.717, 1.165) is 56.3 Å². The van der Waals surface area contributed by atoms with Gasteiger partial charge in [-0.2, -0.15) is 0 Å². The van der Waals surface area contributed by atoms with Gasteiger partial charge in [-0.3, -0.25) is 0 Å². The summed E-state index contributed by atoms with van der Waals surface area (Å²) in [7, 11) is 0. The van der Waals surface area contributed by atoms with E-state index in [1.54, 1.807) is 0 Å². The third-order valence-electron chi connectivity index (χ3n) is 6.44. The molecule has 0 unspecified atom stereocenters. The van der Waals surface area contributed by atoms with E-state index >= 15 is 0 Å². The van der Waals surface area contributed by atoms with Gasteiger partial charge in [0, 0.05) is 17.6 Å². The summed E-state index contributed by atoms with van der Waals surface area (Å²) in [5, 5.41) is 0. The Morgan fingerprint density at radius 3 is 1.74 bits per heavy atom. The number of fused-ring (bicyclic) bond motifs is 4. The zero-order valence-corrected chi connectivity index (χ0v) is 18.3. The molecule has 0 fully saturated rings. The van der Waals surface area contributed by atoms with Gasteiger partial charge in [0.1, 0.15) is 34.5 Å². The third kappa shape index (κ3) is 3.07. The lowest BCUT2D eigenvalue weighted by Gasteiger charge is -2.33. The van der Waals surface area contributed by atoms with Gasteiger partial charge >= 0.3 is 0 Å². The van der Waals surface area contributed by atoms with Crippen molar-refractivity contribution in [1.29, 1.82) is 0 Å². The molecule has 0 amide bonds. The predicted molar refractivity (Wildman–Crippen MR) is 136 cm³/mol. The van der Waals surface area contributed by atoms with Gasteiger partial charge in [0.2, 0.25) is 0 Å². The fourth-order valence-electron chi connectivity index (χ4n) is 4.93. The lowest BCUT2D eigenvalue weighted by molar-refractivity contribution is 0.443. The predicted octanol–water partition coefficient (Wildman–Crippen LogP) is 5.87. The molecule has 5 aromatic rings. The van der Waals surface area contributed by atoms with Gasteiger partial charge in [0.25, 0.3) is 6.71 Å². The van der Waals surface area contributed by atoms with E-state index in [4.69, 9.17) is 14.2 Å². The van der Waals surface area contributed by atoms with Crippen molar-refractivity contribution in [2.24, 2.45) is 0 Å². The zero-order chi connectivity index (χ0) is 22.5. The highest BCUT2D eigenvalue weighted by Gasteiger charge is 2.40. The summed E-state index contributed by atoms with van der Waals surface area (Å²) in [6.45, 7) is 0.0651. The molecule has 0 saturated heterocycles. The SMILES string of the molecule is c1ccc(-c2cccc(Oc3cc4c5c(c3)Oc3ccccc3B5c3ccccc3O4)c2)cc1. The first-order valence-corrected chi connectivity index (χ1v) is 11.4. The summed E-state index contributed by atoms with van der Waals surface area (Å²) in [6.07, 6.45) is 0. The summed E-state index contributed by atoms with van der Waals surface area (Å²) in [5.74, 6) is 4.71. The Kier molecular flexibility index (Phi) is 4.24. The molecule has 160 valence electrons. The molecule has 0 aliphatic carbocycles. The van der Waals surface area contributed by atoms with E-state index in [9.17, 15) is 0 Å². The van der Waals surface area contributed by atoms with Crippen molar-refractivity contribution >= 4 is 23.1 Å². The Hall–Kier alpha value is -4.44. The van der Waals surface area contributed by atoms with Gasteiger partial charge < -0.3 is 14.2 Å². The number of benzene rings is 5. The second kappa shape index (κ2) is 7.56. The molecular weight excluding hydrogens is 419 g/mol. The van der Waals surface area contributed by atoms with Crippen LogP contribution in [0.1, 0.15) is 0 Å². The second-order valence-electron chi connectivity index (χ2n) is 8.54. The van der Waals surface area contributed by atoms with Crippen LogP contribution in [0.25, 0.3) is 11.1 Å². The molecule has 5 aromatic carbocycles. The molecule has 2 aliphatic heterocycles. The molecule has 0 aromatic heterocycles.